The Hall–Kier alpha value is -2.22. The zero-order valence-electron chi connectivity index (χ0n) is 15.6. The summed E-state index contributed by atoms with van der Waals surface area (Å²) in [5.74, 6) is 3.89. The molecular weight excluding hydrogens is 330 g/mol. The minimum absolute atomic E-state index is 0.347. The van der Waals surface area contributed by atoms with Crippen molar-refractivity contribution in [2.24, 2.45) is 7.05 Å². The van der Waals surface area contributed by atoms with Crippen molar-refractivity contribution in [2.75, 3.05) is 38.2 Å². The highest BCUT2D eigenvalue weighted by molar-refractivity contribution is 5.48. The molecule has 1 atom stereocenters. The number of ether oxygens (including phenoxy) is 1. The zero-order valence-corrected chi connectivity index (χ0v) is 15.6. The minimum atomic E-state index is 0.347. The Morgan fingerprint density at radius 3 is 2.69 bits per heavy atom. The molecule has 2 aliphatic rings. The van der Waals surface area contributed by atoms with Crippen molar-refractivity contribution in [3.63, 3.8) is 0 Å². The summed E-state index contributed by atoms with van der Waals surface area (Å²) in [5.41, 5.74) is 0. The van der Waals surface area contributed by atoms with E-state index < -0.39 is 0 Å². The lowest BCUT2D eigenvalue weighted by Crippen LogP contribution is -2.36. The van der Waals surface area contributed by atoms with E-state index in [0.717, 1.165) is 49.9 Å². The molecule has 0 bridgehead atoms. The first-order valence-corrected chi connectivity index (χ1v) is 9.46. The third kappa shape index (κ3) is 3.38. The van der Waals surface area contributed by atoms with Crippen LogP contribution in [0.3, 0.4) is 0 Å². The molecule has 0 amide bonds. The molecule has 2 fully saturated rings. The van der Waals surface area contributed by atoms with Gasteiger partial charge in [0.1, 0.15) is 11.6 Å². The van der Waals surface area contributed by atoms with E-state index in [9.17, 15) is 0 Å². The Morgan fingerprint density at radius 2 is 1.88 bits per heavy atom. The van der Waals surface area contributed by atoms with Crippen LogP contribution in [0.5, 0.6) is 5.88 Å². The molecule has 0 aliphatic carbocycles. The van der Waals surface area contributed by atoms with Crippen LogP contribution in [-0.4, -0.2) is 62.9 Å². The molecule has 8 nitrogen and oxygen atoms in total. The van der Waals surface area contributed by atoms with Gasteiger partial charge in [-0.3, -0.25) is 4.90 Å². The Bertz CT molecular complexity index is 741. The van der Waals surface area contributed by atoms with E-state index in [1.807, 2.05) is 0 Å². The number of piperidine rings is 1. The molecule has 0 spiro atoms. The van der Waals surface area contributed by atoms with Crippen LogP contribution in [0.4, 0.5) is 5.82 Å². The van der Waals surface area contributed by atoms with E-state index in [4.69, 9.17) is 4.74 Å². The molecule has 0 N–H and O–H groups in total. The van der Waals surface area contributed by atoms with Gasteiger partial charge in [-0.15, -0.1) is 10.2 Å². The Kier molecular flexibility index (Phi) is 5.01. The van der Waals surface area contributed by atoms with Crippen LogP contribution in [0.15, 0.2) is 12.4 Å². The number of nitrogens with zero attached hydrogens (tertiary/aromatic N) is 7. The van der Waals surface area contributed by atoms with E-state index in [2.05, 4.69) is 41.6 Å². The van der Waals surface area contributed by atoms with E-state index in [1.54, 1.807) is 19.5 Å². The SMILES string of the molecule is COc1nccnc1N1CCCC(c2nnc(CN3CCCC3)n2C)C1. The van der Waals surface area contributed by atoms with Crippen LogP contribution in [0, 0.1) is 0 Å². The largest absolute Gasteiger partial charge is 0.478 e. The van der Waals surface area contributed by atoms with E-state index in [0.29, 0.717) is 11.8 Å². The summed E-state index contributed by atoms with van der Waals surface area (Å²) in [6, 6.07) is 0. The third-order valence-electron chi connectivity index (χ3n) is 5.49. The van der Waals surface area contributed by atoms with E-state index >= 15 is 0 Å². The van der Waals surface area contributed by atoms with Gasteiger partial charge in [-0.1, -0.05) is 0 Å². The van der Waals surface area contributed by atoms with Gasteiger partial charge in [0.15, 0.2) is 5.82 Å². The molecule has 4 rings (SSSR count). The average Bonchev–Trinajstić information content (AvgIpc) is 3.32. The molecule has 0 aromatic carbocycles. The lowest BCUT2D eigenvalue weighted by molar-refractivity contribution is 0.317. The average molecular weight is 357 g/mol. The number of hydrogen-bond donors (Lipinski definition) is 0. The smallest absolute Gasteiger partial charge is 0.257 e. The van der Waals surface area contributed by atoms with Crippen LogP contribution in [0.2, 0.25) is 0 Å². The van der Waals surface area contributed by atoms with Gasteiger partial charge in [-0.2, -0.15) is 0 Å². The first-order chi connectivity index (χ1) is 12.8. The monoisotopic (exact) mass is 357 g/mol. The second-order valence-electron chi connectivity index (χ2n) is 7.19. The maximum absolute atomic E-state index is 5.39. The molecule has 2 saturated heterocycles. The quantitative estimate of drug-likeness (QED) is 0.805. The van der Waals surface area contributed by atoms with Crippen LogP contribution < -0.4 is 9.64 Å². The summed E-state index contributed by atoms with van der Waals surface area (Å²) in [7, 11) is 3.74. The van der Waals surface area contributed by atoms with Gasteiger partial charge in [0.05, 0.1) is 13.7 Å². The summed E-state index contributed by atoms with van der Waals surface area (Å²) in [6.45, 7) is 5.07. The normalized spacial score (nSPS) is 21.3. The number of anilines is 1. The Balaban J connectivity index is 1.50. The van der Waals surface area contributed by atoms with Crippen molar-refractivity contribution in [3.8, 4) is 5.88 Å². The summed E-state index contributed by atoms with van der Waals surface area (Å²) in [5, 5.41) is 9.03. The van der Waals surface area contributed by atoms with Gasteiger partial charge in [0.2, 0.25) is 0 Å². The highest BCUT2D eigenvalue weighted by Gasteiger charge is 2.28. The molecule has 2 aromatic heterocycles. The predicted molar refractivity (Wildman–Crippen MR) is 98.3 cm³/mol. The molecule has 1 unspecified atom stereocenters. The van der Waals surface area contributed by atoms with Crippen molar-refractivity contribution < 1.29 is 4.74 Å². The molecular formula is C18H27N7O. The van der Waals surface area contributed by atoms with Crippen LogP contribution in [0.25, 0.3) is 0 Å². The number of aromatic nitrogens is 5. The molecule has 0 saturated carbocycles. The fourth-order valence-corrected chi connectivity index (χ4v) is 4.07. The number of likely N-dealkylation sites (tertiary alicyclic amines) is 1. The molecule has 140 valence electrons. The first-order valence-electron chi connectivity index (χ1n) is 9.46. The fourth-order valence-electron chi connectivity index (χ4n) is 4.07. The minimum Gasteiger partial charge on any atom is -0.478 e. The Morgan fingerprint density at radius 1 is 1.08 bits per heavy atom. The standard InChI is InChI=1S/C18H27N7O/c1-23-15(13-24-9-3-4-10-24)21-22-16(23)14-6-5-11-25(12-14)17-18(26-2)20-8-7-19-17/h7-8,14H,3-6,9-13H2,1-2H3. The van der Waals surface area contributed by atoms with Crippen molar-refractivity contribution >= 4 is 5.82 Å². The highest BCUT2D eigenvalue weighted by Crippen LogP contribution is 2.31. The van der Waals surface area contributed by atoms with Gasteiger partial charge in [-0.05, 0) is 38.8 Å². The van der Waals surface area contributed by atoms with Gasteiger partial charge in [-0.25, -0.2) is 9.97 Å². The number of rotatable bonds is 5. The summed E-state index contributed by atoms with van der Waals surface area (Å²) < 4.78 is 7.58. The summed E-state index contributed by atoms with van der Waals surface area (Å²) >= 11 is 0. The lowest BCUT2D eigenvalue weighted by atomic mass is 9.97. The van der Waals surface area contributed by atoms with Crippen LogP contribution in [0.1, 0.15) is 43.3 Å². The lowest BCUT2D eigenvalue weighted by Gasteiger charge is -2.33. The molecule has 8 heteroatoms. The molecule has 0 radical (unpaired) electrons. The van der Waals surface area contributed by atoms with Crippen molar-refractivity contribution in [1.29, 1.82) is 0 Å². The third-order valence-corrected chi connectivity index (χ3v) is 5.49. The highest BCUT2D eigenvalue weighted by atomic mass is 16.5. The summed E-state index contributed by atoms with van der Waals surface area (Å²) in [6.07, 6.45) is 8.19. The number of hydrogen-bond acceptors (Lipinski definition) is 7. The second kappa shape index (κ2) is 7.57. The second-order valence-corrected chi connectivity index (χ2v) is 7.19. The van der Waals surface area contributed by atoms with Crippen molar-refractivity contribution in [1.82, 2.24) is 29.6 Å². The fraction of sp³-hybridized carbons (Fsp3) is 0.667. The van der Waals surface area contributed by atoms with Gasteiger partial charge in [0, 0.05) is 38.4 Å². The molecule has 4 heterocycles. The number of methoxy groups -OCH3 is 1. The van der Waals surface area contributed by atoms with E-state index in [-0.39, 0.29) is 0 Å². The van der Waals surface area contributed by atoms with E-state index in [1.165, 1.54) is 25.9 Å². The van der Waals surface area contributed by atoms with Crippen molar-refractivity contribution in [3.05, 3.63) is 24.0 Å². The summed E-state index contributed by atoms with van der Waals surface area (Å²) in [4.78, 5) is 13.5. The van der Waals surface area contributed by atoms with Crippen molar-refractivity contribution in [2.45, 2.75) is 38.1 Å². The van der Waals surface area contributed by atoms with Gasteiger partial charge < -0.3 is 14.2 Å². The predicted octanol–water partition coefficient (Wildman–Crippen LogP) is 1.59. The Labute approximate surface area is 154 Å². The van der Waals surface area contributed by atoms with Crippen LogP contribution in [-0.2, 0) is 13.6 Å². The maximum Gasteiger partial charge on any atom is 0.257 e. The van der Waals surface area contributed by atoms with Crippen LogP contribution >= 0.6 is 0 Å². The van der Waals surface area contributed by atoms with Gasteiger partial charge >= 0.3 is 0 Å². The zero-order chi connectivity index (χ0) is 17.9. The van der Waals surface area contributed by atoms with Gasteiger partial charge in [0.25, 0.3) is 5.88 Å². The first kappa shape index (κ1) is 17.2. The maximum atomic E-state index is 5.39. The molecule has 2 aromatic rings. The molecule has 2 aliphatic heterocycles. The molecule has 26 heavy (non-hydrogen) atoms. The topological polar surface area (TPSA) is 72.2 Å².